The largest absolute Gasteiger partial charge is 0.495 e. The molecule has 2 aromatic carbocycles. The van der Waals surface area contributed by atoms with E-state index < -0.39 is 0 Å². The molecular weight excluding hydrogens is 440 g/mol. The summed E-state index contributed by atoms with van der Waals surface area (Å²) in [6, 6.07) is 26.8. The average molecular weight is 469 g/mol. The Bertz CT molecular complexity index is 1280. The van der Waals surface area contributed by atoms with Crippen LogP contribution in [-0.2, 0) is 0 Å². The van der Waals surface area contributed by atoms with Gasteiger partial charge >= 0.3 is 0 Å². The Hall–Kier alpha value is -3.64. The zero-order valence-corrected chi connectivity index (χ0v) is 20.4. The molecule has 34 heavy (non-hydrogen) atoms. The van der Waals surface area contributed by atoms with Gasteiger partial charge < -0.3 is 19.5 Å². The number of nitrogens with one attached hydrogen (secondary N) is 1. The van der Waals surface area contributed by atoms with Crippen LogP contribution in [0.4, 0.5) is 5.69 Å². The van der Waals surface area contributed by atoms with Crippen LogP contribution in [0.3, 0.4) is 0 Å². The molecule has 172 valence electrons. The second-order valence-electron chi connectivity index (χ2n) is 8.72. The molecule has 1 saturated heterocycles. The summed E-state index contributed by atoms with van der Waals surface area (Å²) in [4.78, 5) is 6.88. The molecule has 2 atom stereocenters. The van der Waals surface area contributed by atoms with Crippen molar-refractivity contribution in [2.45, 2.75) is 31.8 Å². The molecule has 1 aliphatic heterocycles. The SMILES string of the molecule is COc1ccccc1-n1cccc1C1C(c2ccccn2)NC(=S)N1c1ccc(C(C)C)cc1. The maximum Gasteiger partial charge on any atom is 0.174 e. The van der Waals surface area contributed by atoms with Crippen molar-refractivity contribution >= 4 is 23.0 Å². The van der Waals surface area contributed by atoms with Crippen LogP contribution >= 0.6 is 12.2 Å². The quantitative estimate of drug-likeness (QED) is 0.342. The molecule has 2 unspecified atom stereocenters. The van der Waals surface area contributed by atoms with Gasteiger partial charge in [-0.2, -0.15) is 0 Å². The van der Waals surface area contributed by atoms with Crippen molar-refractivity contribution in [3.8, 4) is 11.4 Å². The Labute approximate surface area is 206 Å². The highest BCUT2D eigenvalue weighted by Crippen LogP contribution is 2.43. The van der Waals surface area contributed by atoms with Crippen LogP contribution in [0, 0.1) is 0 Å². The first-order valence-electron chi connectivity index (χ1n) is 11.5. The number of thiocarbonyl (C=S) groups is 1. The molecule has 0 radical (unpaired) electrons. The van der Waals surface area contributed by atoms with E-state index in [1.165, 1.54) is 5.56 Å². The summed E-state index contributed by atoms with van der Waals surface area (Å²) in [6.45, 7) is 4.41. The fraction of sp³-hybridized carbons (Fsp3) is 0.214. The van der Waals surface area contributed by atoms with Gasteiger partial charge in [-0.05, 0) is 72.2 Å². The Balaban J connectivity index is 1.66. The minimum Gasteiger partial charge on any atom is -0.495 e. The molecule has 5 nitrogen and oxygen atoms in total. The third kappa shape index (κ3) is 3.94. The first-order chi connectivity index (χ1) is 16.6. The summed E-state index contributed by atoms with van der Waals surface area (Å²) >= 11 is 5.90. The van der Waals surface area contributed by atoms with Gasteiger partial charge in [0.15, 0.2) is 5.11 Å². The maximum absolute atomic E-state index is 5.90. The minimum atomic E-state index is -0.109. The Morgan fingerprint density at radius 1 is 0.941 bits per heavy atom. The lowest BCUT2D eigenvalue weighted by atomic mass is 9.99. The van der Waals surface area contributed by atoms with Crippen molar-refractivity contribution in [3.63, 3.8) is 0 Å². The molecule has 0 aliphatic carbocycles. The predicted octanol–water partition coefficient (Wildman–Crippen LogP) is 6.18. The second-order valence-corrected chi connectivity index (χ2v) is 9.10. The Kier molecular flexibility index (Phi) is 6.07. The molecule has 5 rings (SSSR count). The van der Waals surface area contributed by atoms with E-state index in [4.69, 9.17) is 17.0 Å². The lowest BCUT2D eigenvalue weighted by Crippen LogP contribution is -2.30. The molecule has 1 N–H and O–H groups in total. The van der Waals surface area contributed by atoms with Crippen LogP contribution in [0.25, 0.3) is 5.69 Å². The lowest BCUT2D eigenvalue weighted by molar-refractivity contribution is 0.412. The van der Waals surface area contributed by atoms with Crippen molar-refractivity contribution in [1.82, 2.24) is 14.9 Å². The van der Waals surface area contributed by atoms with E-state index in [9.17, 15) is 0 Å². The number of rotatable bonds is 6. The molecule has 1 aliphatic rings. The molecule has 4 aromatic rings. The monoisotopic (exact) mass is 468 g/mol. The standard InChI is InChI=1S/C28H28N4OS/c1-19(2)20-13-15-21(16-14-20)32-27(26(30-28(32)34)22-9-6-7-17-29-22)24-11-8-18-31(24)23-10-4-5-12-25(23)33-3/h4-19,26-27H,1-3H3,(H,30,34). The number of pyridine rings is 1. The number of nitrogens with zero attached hydrogens (tertiary/aromatic N) is 3. The predicted molar refractivity (Wildman–Crippen MR) is 141 cm³/mol. The van der Waals surface area contributed by atoms with Gasteiger partial charge in [0.1, 0.15) is 11.8 Å². The average Bonchev–Trinajstić information content (AvgIpc) is 3.48. The van der Waals surface area contributed by atoms with Crippen LogP contribution in [0.5, 0.6) is 5.75 Å². The highest BCUT2D eigenvalue weighted by molar-refractivity contribution is 7.80. The number of hydrogen-bond donors (Lipinski definition) is 1. The van der Waals surface area contributed by atoms with Crippen molar-refractivity contribution in [1.29, 1.82) is 0 Å². The summed E-state index contributed by atoms with van der Waals surface area (Å²) in [7, 11) is 1.70. The van der Waals surface area contributed by atoms with Crippen LogP contribution in [-0.4, -0.2) is 21.8 Å². The number of methoxy groups -OCH3 is 1. The normalized spacial score (nSPS) is 17.8. The van der Waals surface area contributed by atoms with E-state index >= 15 is 0 Å². The summed E-state index contributed by atoms with van der Waals surface area (Å²) in [6.07, 6.45) is 3.90. The summed E-state index contributed by atoms with van der Waals surface area (Å²) in [5, 5.41) is 4.24. The first-order valence-corrected chi connectivity index (χ1v) is 11.9. The number of benzene rings is 2. The molecule has 6 heteroatoms. The van der Waals surface area contributed by atoms with E-state index in [2.05, 4.69) is 88.3 Å². The minimum absolute atomic E-state index is 0.104. The zero-order chi connectivity index (χ0) is 23.7. The molecule has 2 aromatic heterocycles. The van der Waals surface area contributed by atoms with E-state index in [0.29, 0.717) is 11.0 Å². The van der Waals surface area contributed by atoms with Gasteiger partial charge in [-0.15, -0.1) is 0 Å². The van der Waals surface area contributed by atoms with Crippen LogP contribution in [0.2, 0.25) is 0 Å². The maximum atomic E-state index is 5.90. The zero-order valence-electron chi connectivity index (χ0n) is 19.6. The van der Waals surface area contributed by atoms with Gasteiger partial charge in [0.2, 0.25) is 0 Å². The van der Waals surface area contributed by atoms with E-state index in [1.54, 1.807) is 7.11 Å². The number of para-hydroxylation sites is 2. The van der Waals surface area contributed by atoms with Crippen molar-refractivity contribution in [2.75, 3.05) is 12.0 Å². The highest BCUT2D eigenvalue weighted by atomic mass is 32.1. The fourth-order valence-corrected chi connectivity index (χ4v) is 4.98. The van der Waals surface area contributed by atoms with E-state index in [-0.39, 0.29) is 12.1 Å². The number of hydrogen-bond acceptors (Lipinski definition) is 3. The van der Waals surface area contributed by atoms with Crippen LogP contribution < -0.4 is 15.0 Å². The first kappa shape index (κ1) is 22.2. The van der Waals surface area contributed by atoms with Gasteiger partial charge in [0, 0.05) is 23.8 Å². The second kappa shape index (κ2) is 9.31. The van der Waals surface area contributed by atoms with Crippen molar-refractivity contribution < 1.29 is 4.74 Å². The molecule has 0 spiro atoms. The van der Waals surface area contributed by atoms with Gasteiger partial charge in [0.05, 0.1) is 24.5 Å². The van der Waals surface area contributed by atoms with Gasteiger partial charge in [0.25, 0.3) is 0 Å². The third-order valence-electron chi connectivity index (χ3n) is 6.36. The smallest absolute Gasteiger partial charge is 0.174 e. The number of anilines is 1. The molecule has 3 heterocycles. The molecule has 0 saturated carbocycles. The molecule has 1 fully saturated rings. The summed E-state index contributed by atoms with van der Waals surface area (Å²) in [5.74, 6) is 1.29. The summed E-state index contributed by atoms with van der Waals surface area (Å²) in [5.41, 5.74) is 5.39. The fourth-order valence-electron chi connectivity index (χ4n) is 4.64. The van der Waals surface area contributed by atoms with Gasteiger partial charge in [-0.25, -0.2) is 0 Å². The third-order valence-corrected chi connectivity index (χ3v) is 6.68. The van der Waals surface area contributed by atoms with Crippen molar-refractivity contribution in [3.05, 3.63) is 108 Å². The number of ether oxygens (including phenoxy) is 1. The summed E-state index contributed by atoms with van der Waals surface area (Å²) < 4.78 is 7.86. The molecular formula is C28H28N4OS. The molecule has 0 amide bonds. The molecule has 0 bridgehead atoms. The van der Waals surface area contributed by atoms with Gasteiger partial charge in [-0.3, -0.25) is 4.98 Å². The van der Waals surface area contributed by atoms with E-state index in [0.717, 1.165) is 28.5 Å². The van der Waals surface area contributed by atoms with Crippen molar-refractivity contribution in [2.24, 2.45) is 0 Å². The number of aromatic nitrogens is 2. The topological polar surface area (TPSA) is 42.3 Å². The van der Waals surface area contributed by atoms with Crippen LogP contribution in [0.15, 0.2) is 91.3 Å². The lowest BCUT2D eigenvalue weighted by Gasteiger charge is -2.29. The van der Waals surface area contributed by atoms with Crippen LogP contribution in [0.1, 0.15) is 48.8 Å². The highest BCUT2D eigenvalue weighted by Gasteiger charge is 2.42. The van der Waals surface area contributed by atoms with E-state index in [1.807, 2.05) is 36.5 Å². The Morgan fingerprint density at radius 3 is 2.41 bits per heavy atom. The Morgan fingerprint density at radius 2 is 1.71 bits per heavy atom. The van der Waals surface area contributed by atoms with Gasteiger partial charge in [-0.1, -0.05) is 44.2 Å².